The summed E-state index contributed by atoms with van der Waals surface area (Å²) < 4.78 is 6.18. The van der Waals surface area contributed by atoms with E-state index in [-0.39, 0.29) is 29.6 Å². The van der Waals surface area contributed by atoms with Crippen molar-refractivity contribution in [2.24, 2.45) is 0 Å². The number of carbonyl (C=O) groups excluding carboxylic acids is 4. The van der Waals surface area contributed by atoms with E-state index >= 15 is 0 Å². The number of fused-ring (bicyclic) bond motifs is 1. The molecule has 0 spiro atoms. The number of nitrogens with zero attached hydrogens (tertiary/aromatic N) is 2. The van der Waals surface area contributed by atoms with Crippen molar-refractivity contribution in [2.45, 2.75) is 26.3 Å². The fraction of sp³-hybridized carbons (Fsp3) is 0.167. The minimum absolute atomic E-state index is 0.0624. The van der Waals surface area contributed by atoms with Crippen molar-refractivity contribution in [1.29, 1.82) is 0 Å². The summed E-state index contributed by atoms with van der Waals surface area (Å²) in [4.78, 5) is 55.6. The van der Waals surface area contributed by atoms with Gasteiger partial charge >= 0.3 is 6.09 Å². The molecule has 214 valence electrons. The highest BCUT2D eigenvalue weighted by molar-refractivity contribution is 7.20. The third-order valence-corrected chi connectivity index (χ3v) is 7.57. The van der Waals surface area contributed by atoms with Crippen molar-refractivity contribution < 1.29 is 23.9 Å². The predicted octanol–water partition coefficient (Wildman–Crippen LogP) is 5.60. The SMILES string of the molecule is CCOC(=O)n1nc(NC(=O)c2ccccc2NC(=O)c2cc[nH]c2)c2cc(C(=O)NC(C)(C)c3ccccc3)sc21. The number of amides is 3. The van der Waals surface area contributed by atoms with E-state index in [9.17, 15) is 19.2 Å². The molecule has 3 heterocycles. The fourth-order valence-electron chi connectivity index (χ4n) is 4.32. The molecule has 3 amide bonds. The van der Waals surface area contributed by atoms with Crippen LogP contribution in [-0.4, -0.2) is 45.2 Å². The number of ether oxygens (including phenoxy) is 1. The summed E-state index contributed by atoms with van der Waals surface area (Å²) >= 11 is 1.05. The van der Waals surface area contributed by atoms with Gasteiger partial charge in [0, 0.05) is 12.4 Å². The normalized spacial score (nSPS) is 11.2. The van der Waals surface area contributed by atoms with Gasteiger partial charge in [0.2, 0.25) is 0 Å². The topological polar surface area (TPSA) is 147 Å². The molecule has 0 atom stereocenters. The van der Waals surface area contributed by atoms with Crippen LogP contribution in [0.2, 0.25) is 0 Å². The van der Waals surface area contributed by atoms with E-state index in [2.05, 4.69) is 26.0 Å². The molecule has 2 aromatic carbocycles. The molecular weight excluding hydrogens is 556 g/mol. The van der Waals surface area contributed by atoms with E-state index in [4.69, 9.17) is 4.74 Å². The predicted molar refractivity (Wildman–Crippen MR) is 160 cm³/mol. The molecule has 0 aliphatic rings. The molecule has 12 heteroatoms. The number of H-pyrrole nitrogens is 1. The van der Waals surface area contributed by atoms with Crippen molar-refractivity contribution in [1.82, 2.24) is 20.1 Å². The first-order valence-electron chi connectivity index (χ1n) is 13.1. The summed E-state index contributed by atoms with van der Waals surface area (Å²) in [5.74, 6) is -1.25. The van der Waals surface area contributed by atoms with Gasteiger partial charge in [0.05, 0.1) is 39.2 Å². The number of anilines is 2. The number of rotatable bonds is 8. The van der Waals surface area contributed by atoms with Gasteiger partial charge in [0.25, 0.3) is 17.7 Å². The molecule has 0 bridgehead atoms. The first-order valence-corrected chi connectivity index (χ1v) is 13.9. The average Bonchev–Trinajstić information content (AvgIpc) is 3.72. The van der Waals surface area contributed by atoms with Crippen LogP contribution in [0.3, 0.4) is 0 Å². The van der Waals surface area contributed by atoms with Crippen molar-refractivity contribution in [3.63, 3.8) is 0 Å². The van der Waals surface area contributed by atoms with Gasteiger partial charge in [-0.1, -0.05) is 42.5 Å². The first kappa shape index (κ1) is 28.3. The standard InChI is InChI=1S/C30H28N6O5S/c1-4-41-29(40)36-28-21(16-23(42-28)27(39)34-30(2,3)19-10-6-5-7-11-19)24(35-36)33-26(38)20-12-8-9-13-22(20)32-25(37)18-14-15-31-17-18/h5-17,31H,4H2,1-3H3,(H,32,37)(H,34,39)(H,33,35,38). The zero-order valence-electron chi connectivity index (χ0n) is 23.1. The molecule has 0 aliphatic heterocycles. The maximum atomic E-state index is 13.4. The highest BCUT2D eigenvalue weighted by Crippen LogP contribution is 2.33. The van der Waals surface area contributed by atoms with Crippen molar-refractivity contribution in [3.8, 4) is 0 Å². The lowest BCUT2D eigenvalue weighted by molar-refractivity contribution is 0.0915. The third-order valence-electron chi connectivity index (χ3n) is 6.46. The van der Waals surface area contributed by atoms with Crippen LogP contribution in [0.4, 0.5) is 16.3 Å². The van der Waals surface area contributed by atoms with Gasteiger partial charge in [-0.2, -0.15) is 4.68 Å². The molecule has 0 aliphatic carbocycles. The number of aromatic nitrogens is 3. The summed E-state index contributed by atoms with van der Waals surface area (Å²) in [7, 11) is 0. The number of hydrogen-bond acceptors (Lipinski definition) is 7. The van der Waals surface area contributed by atoms with E-state index in [0.717, 1.165) is 21.6 Å². The molecule has 42 heavy (non-hydrogen) atoms. The van der Waals surface area contributed by atoms with E-state index < -0.39 is 23.4 Å². The summed E-state index contributed by atoms with van der Waals surface area (Å²) in [6.45, 7) is 5.57. The van der Waals surface area contributed by atoms with Crippen LogP contribution in [0.25, 0.3) is 10.2 Å². The minimum Gasteiger partial charge on any atom is -0.448 e. The maximum Gasteiger partial charge on any atom is 0.436 e. The monoisotopic (exact) mass is 584 g/mol. The molecule has 11 nitrogen and oxygen atoms in total. The Morgan fingerprint density at radius 1 is 0.952 bits per heavy atom. The molecule has 0 fully saturated rings. The van der Waals surface area contributed by atoms with Crippen LogP contribution < -0.4 is 16.0 Å². The van der Waals surface area contributed by atoms with Crippen molar-refractivity contribution in [2.75, 3.05) is 17.2 Å². The Morgan fingerprint density at radius 2 is 1.69 bits per heavy atom. The molecular formula is C30H28N6O5S. The quantitative estimate of drug-likeness (QED) is 0.187. The Balaban J connectivity index is 1.45. The molecule has 0 radical (unpaired) electrons. The largest absolute Gasteiger partial charge is 0.448 e. The van der Waals surface area contributed by atoms with Gasteiger partial charge in [-0.15, -0.1) is 16.4 Å². The number of para-hydroxylation sites is 1. The van der Waals surface area contributed by atoms with Gasteiger partial charge in [-0.25, -0.2) is 4.79 Å². The van der Waals surface area contributed by atoms with Crippen LogP contribution >= 0.6 is 11.3 Å². The Morgan fingerprint density at radius 3 is 2.40 bits per heavy atom. The van der Waals surface area contributed by atoms with Gasteiger partial charge in [-0.05, 0) is 50.6 Å². The minimum atomic E-state index is -0.749. The van der Waals surface area contributed by atoms with Gasteiger partial charge < -0.3 is 25.7 Å². The number of aromatic amines is 1. The fourth-order valence-corrected chi connectivity index (χ4v) is 5.31. The van der Waals surface area contributed by atoms with E-state index in [1.54, 1.807) is 55.7 Å². The molecule has 5 aromatic rings. The second kappa shape index (κ2) is 11.7. The zero-order valence-corrected chi connectivity index (χ0v) is 23.9. The average molecular weight is 585 g/mol. The highest BCUT2D eigenvalue weighted by atomic mass is 32.1. The van der Waals surface area contributed by atoms with E-state index in [0.29, 0.717) is 20.7 Å². The molecule has 5 rings (SSSR count). The van der Waals surface area contributed by atoms with Crippen molar-refractivity contribution >= 4 is 56.9 Å². The smallest absolute Gasteiger partial charge is 0.436 e. The number of carbonyl (C=O) groups is 4. The summed E-state index contributed by atoms with van der Waals surface area (Å²) in [5, 5.41) is 13.2. The number of thiophene rings is 1. The van der Waals surface area contributed by atoms with Crippen LogP contribution in [0.5, 0.6) is 0 Å². The van der Waals surface area contributed by atoms with Gasteiger partial charge in [0.1, 0.15) is 4.83 Å². The highest BCUT2D eigenvalue weighted by Gasteiger charge is 2.27. The molecule has 0 saturated carbocycles. The lowest BCUT2D eigenvalue weighted by atomic mass is 9.94. The Hall–Kier alpha value is -5.23. The van der Waals surface area contributed by atoms with E-state index in [1.165, 1.54) is 0 Å². The van der Waals surface area contributed by atoms with Crippen LogP contribution in [0.15, 0.2) is 79.1 Å². The molecule has 3 aromatic heterocycles. The first-order chi connectivity index (χ1) is 20.2. The summed E-state index contributed by atoms with van der Waals surface area (Å²) in [6, 6.07) is 19.3. The Bertz CT molecular complexity index is 1770. The molecule has 0 unspecified atom stereocenters. The zero-order chi connectivity index (χ0) is 29.9. The second-order valence-corrected chi connectivity index (χ2v) is 10.8. The van der Waals surface area contributed by atoms with Gasteiger partial charge in [0.15, 0.2) is 5.82 Å². The van der Waals surface area contributed by atoms with E-state index in [1.807, 2.05) is 44.2 Å². The second-order valence-electron chi connectivity index (χ2n) is 9.79. The maximum absolute atomic E-state index is 13.4. The Kier molecular flexibility index (Phi) is 7.89. The van der Waals surface area contributed by atoms with Gasteiger partial charge in [-0.3, -0.25) is 14.4 Å². The van der Waals surface area contributed by atoms with Crippen LogP contribution in [0, 0.1) is 0 Å². The number of benzene rings is 2. The number of nitrogens with one attached hydrogen (secondary N) is 4. The third kappa shape index (κ3) is 5.79. The summed E-state index contributed by atoms with van der Waals surface area (Å²) in [5.41, 5.74) is 1.12. The Labute approximate surface area is 244 Å². The molecule has 0 saturated heterocycles. The summed E-state index contributed by atoms with van der Waals surface area (Å²) in [6.07, 6.45) is 2.42. The lowest BCUT2D eigenvalue weighted by Crippen LogP contribution is -2.40. The van der Waals surface area contributed by atoms with Crippen LogP contribution in [0.1, 0.15) is 56.7 Å². The van der Waals surface area contributed by atoms with Crippen molar-refractivity contribution in [3.05, 3.63) is 101 Å². The lowest BCUT2D eigenvalue weighted by Gasteiger charge is -2.26. The number of hydrogen-bond donors (Lipinski definition) is 4. The molecule has 4 N–H and O–H groups in total. The van der Waals surface area contributed by atoms with Crippen LogP contribution in [-0.2, 0) is 10.3 Å².